The topological polar surface area (TPSA) is 55.9 Å². The first-order valence-electron chi connectivity index (χ1n) is 2.62. The summed E-state index contributed by atoms with van der Waals surface area (Å²) in [6.07, 6.45) is 3.64. The van der Waals surface area contributed by atoms with Crippen LogP contribution >= 0.6 is 0 Å². The third kappa shape index (κ3) is 4.99. The van der Waals surface area contributed by atoms with Gasteiger partial charge in [-0.05, 0) is 13.1 Å². The van der Waals surface area contributed by atoms with Crippen molar-refractivity contribution in [3.63, 3.8) is 0 Å². The van der Waals surface area contributed by atoms with Crippen molar-refractivity contribution in [1.82, 2.24) is 15.2 Å². The first-order valence-corrected chi connectivity index (χ1v) is 2.62. The fourth-order valence-corrected chi connectivity index (χ4v) is 0.345. The molecule has 3 N–H and O–H groups in total. The summed E-state index contributed by atoms with van der Waals surface area (Å²) in [7, 11) is 3.54. The van der Waals surface area contributed by atoms with Crippen LogP contribution in [0, 0.1) is 0 Å². The van der Waals surface area contributed by atoms with E-state index in [-0.39, 0.29) is 0 Å². The van der Waals surface area contributed by atoms with Crippen molar-refractivity contribution in [2.45, 2.75) is 0 Å². The van der Waals surface area contributed by atoms with E-state index in [0.29, 0.717) is 0 Å². The van der Waals surface area contributed by atoms with Crippen LogP contribution in [-0.4, -0.2) is 16.8 Å². The molecule has 0 bridgehead atoms. The van der Waals surface area contributed by atoms with E-state index in [2.05, 4.69) is 16.4 Å². The lowest BCUT2D eigenvalue weighted by Gasteiger charge is -1.77. The number of aromatic nitrogens is 2. The number of aryl methyl sites for hydroxylation is 1. The Kier molecular flexibility index (Phi) is 4.76. The molecule has 1 heterocycles. The molecule has 0 amide bonds. The number of hydrogen-bond acceptors (Lipinski definition) is 3. The molecule has 0 aliphatic carbocycles. The van der Waals surface area contributed by atoms with Crippen molar-refractivity contribution in [1.29, 1.82) is 0 Å². The second-order valence-corrected chi connectivity index (χ2v) is 1.47. The minimum atomic E-state index is 1.65. The van der Waals surface area contributed by atoms with Crippen LogP contribution in [0.5, 0.6) is 0 Å². The van der Waals surface area contributed by atoms with Crippen LogP contribution in [0.15, 0.2) is 18.5 Å². The minimum Gasteiger partial charge on any atom is -0.276 e. The van der Waals surface area contributed by atoms with Crippen molar-refractivity contribution in [3.8, 4) is 0 Å². The van der Waals surface area contributed by atoms with Crippen LogP contribution in [0.2, 0.25) is 0 Å². The average Bonchev–Trinajstić information content (AvgIpc) is 2.20. The molecule has 0 aromatic carbocycles. The Labute approximate surface area is 54.6 Å². The molecular weight excluding hydrogens is 116 g/mol. The highest BCUT2D eigenvalue weighted by Gasteiger charge is 1.69. The maximum atomic E-state index is 4.60. The molecular formula is C5H12N4. The zero-order chi connectivity index (χ0) is 7.11. The van der Waals surface area contributed by atoms with E-state index < -0.39 is 0 Å². The third-order valence-corrected chi connectivity index (χ3v) is 0.637. The summed E-state index contributed by atoms with van der Waals surface area (Å²) in [6.45, 7) is 0. The van der Waals surface area contributed by atoms with Gasteiger partial charge < -0.3 is 0 Å². The number of nitrogens with zero attached hydrogens (tertiary/aromatic N) is 2. The second kappa shape index (κ2) is 5.27. The van der Waals surface area contributed by atoms with Gasteiger partial charge in [0.2, 0.25) is 0 Å². The fourth-order valence-electron chi connectivity index (χ4n) is 0.345. The standard InChI is InChI=1S/C4H6N2.CH6N2/c1-6-4-2-3-5-6;1-3-2/h2-4H,1H3;3H,2H2,1H3. The third-order valence-electron chi connectivity index (χ3n) is 0.637. The molecule has 9 heavy (non-hydrogen) atoms. The Bertz CT molecular complexity index is 124. The van der Waals surface area contributed by atoms with Crippen molar-refractivity contribution < 1.29 is 0 Å². The molecule has 1 rings (SSSR count). The van der Waals surface area contributed by atoms with Gasteiger partial charge >= 0.3 is 0 Å². The summed E-state index contributed by atoms with van der Waals surface area (Å²) < 4.78 is 1.75. The summed E-state index contributed by atoms with van der Waals surface area (Å²) in [6, 6.07) is 1.89. The highest BCUT2D eigenvalue weighted by atomic mass is 15.2. The molecule has 0 saturated carbocycles. The molecule has 0 aliphatic heterocycles. The number of hydrogen-bond donors (Lipinski definition) is 2. The summed E-state index contributed by atoms with van der Waals surface area (Å²) in [5.74, 6) is 4.60. The quantitative estimate of drug-likeness (QED) is 0.366. The van der Waals surface area contributed by atoms with Gasteiger partial charge in [0, 0.05) is 19.4 Å². The maximum Gasteiger partial charge on any atom is 0.0489 e. The smallest absolute Gasteiger partial charge is 0.0489 e. The van der Waals surface area contributed by atoms with E-state index in [1.165, 1.54) is 0 Å². The average molecular weight is 128 g/mol. The highest BCUT2D eigenvalue weighted by Crippen LogP contribution is 1.73. The zero-order valence-electron chi connectivity index (χ0n) is 5.70. The highest BCUT2D eigenvalue weighted by molar-refractivity contribution is 4.75. The Balaban J connectivity index is 0.000000187. The molecule has 0 saturated heterocycles. The van der Waals surface area contributed by atoms with E-state index in [1.807, 2.05) is 19.3 Å². The molecule has 0 atom stereocenters. The van der Waals surface area contributed by atoms with Crippen molar-refractivity contribution in [2.75, 3.05) is 7.05 Å². The van der Waals surface area contributed by atoms with Gasteiger partial charge in [-0.3, -0.25) is 16.0 Å². The zero-order valence-corrected chi connectivity index (χ0v) is 5.70. The SMILES string of the molecule is CNN.Cn1cccn1. The van der Waals surface area contributed by atoms with Crippen LogP contribution < -0.4 is 11.3 Å². The Hall–Kier alpha value is -0.870. The van der Waals surface area contributed by atoms with Gasteiger partial charge in [0.15, 0.2) is 0 Å². The van der Waals surface area contributed by atoms with Crippen LogP contribution in [-0.2, 0) is 7.05 Å². The molecule has 0 fully saturated rings. The lowest BCUT2D eigenvalue weighted by Crippen LogP contribution is -2.13. The van der Waals surface area contributed by atoms with Crippen LogP contribution in [0.3, 0.4) is 0 Å². The van der Waals surface area contributed by atoms with Gasteiger partial charge in [-0.2, -0.15) is 5.10 Å². The van der Waals surface area contributed by atoms with E-state index in [4.69, 9.17) is 0 Å². The Morgan fingerprint density at radius 2 is 2.22 bits per heavy atom. The molecule has 52 valence electrons. The molecule has 4 heteroatoms. The van der Waals surface area contributed by atoms with E-state index in [9.17, 15) is 0 Å². The lowest BCUT2D eigenvalue weighted by atomic mass is 10.8. The summed E-state index contributed by atoms with van der Waals surface area (Å²) >= 11 is 0. The predicted molar refractivity (Wildman–Crippen MR) is 36.5 cm³/mol. The first-order chi connectivity index (χ1) is 4.31. The lowest BCUT2D eigenvalue weighted by molar-refractivity contribution is 0.768. The second-order valence-electron chi connectivity index (χ2n) is 1.47. The number of nitrogens with one attached hydrogen (secondary N) is 1. The summed E-state index contributed by atoms with van der Waals surface area (Å²) in [5, 5.41) is 3.83. The summed E-state index contributed by atoms with van der Waals surface area (Å²) in [4.78, 5) is 0. The number of nitrogens with two attached hydrogens (primary N) is 1. The van der Waals surface area contributed by atoms with Gasteiger partial charge in [0.05, 0.1) is 0 Å². The molecule has 0 spiro atoms. The predicted octanol–water partition coefficient (Wildman–Crippen LogP) is -0.500. The molecule has 0 radical (unpaired) electrons. The van der Waals surface area contributed by atoms with Gasteiger partial charge in [-0.15, -0.1) is 0 Å². The van der Waals surface area contributed by atoms with Crippen LogP contribution in [0.4, 0.5) is 0 Å². The monoisotopic (exact) mass is 128 g/mol. The van der Waals surface area contributed by atoms with Gasteiger partial charge in [-0.25, -0.2) is 0 Å². The molecule has 1 aromatic heterocycles. The molecule has 4 nitrogen and oxygen atoms in total. The Morgan fingerprint density at radius 1 is 1.67 bits per heavy atom. The van der Waals surface area contributed by atoms with Crippen molar-refractivity contribution in [2.24, 2.45) is 12.9 Å². The first kappa shape index (κ1) is 8.13. The molecule has 1 aromatic rings. The van der Waals surface area contributed by atoms with E-state index in [0.717, 1.165) is 0 Å². The van der Waals surface area contributed by atoms with Crippen molar-refractivity contribution in [3.05, 3.63) is 18.5 Å². The van der Waals surface area contributed by atoms with Gasteiger partial charge in [0.25, 0.3) is 0 Å². The fraction of sp³-hybridized carbons (Fsp3) is 0.400. The minimum absolute atomic E-state index is 1.65. The largest absolute Gasteiger partial charge is 0.276 e. The Morgan fingerprint density at radius 3 is 2.33 bits per heavy atom. The normalized spacial score (nSPS) is 7.89. The molecule has 0 unspecified atom stereocenters. The molecule has 0 aliphatic rings. The van der Waals surface area contributed by atoms with Gasteiger partial charge in [0.1, 0.15) is 0 Å². The van der Waals surface area contributed by atoms with Crippen molar-refractivity contribution >= 4 is 0 Å². The number of hydrazine groups is 1. The summed E-state index contributed by atoms with van der Waals surface area (Å²) in [5.41, 5.74) is 2.25. The maximum absolute atomic E-state index is 4.60. The number of rotatable bonds is 0. The van der Waals surface area contributed by atoms with E-state index >= 15 is 0 Å². The van der Waals surface area contributed by atoms with Crippen LogP contribution in [0.25, 0.3) is 0 Å². The van der Waals surface area contributed by atoms with E-state index in [1.54, 1.807) is 17.9 Å². The van der Waals surface area contributed by atoms with Crippen LogP contribution in [0.1, 0.15) is 0 Å². The van der Waals surface area contributed by atoms with Gasteiger partial charge in [-0.1, -0.05) is 0 Å².